The number of rotatable bonds is 5. The molecule has 17 heavy (non-hydrogen) atoms. The largest absolute Gasteiger partial charge is 0.444 e. The highest BCUT2D eigenvalue weighted by molar-refractivity contribution is 5.85. The third-order valence-electron chi connectivity index (χ3n) is 1.73. The molecule has 0 aromatic carbocycles. The van der Waals surface area contributed by atoms with Crippen molar-refractivity contribution in [2.45, 2.75) is 39.3 Å². The maximum atomic E-state index is 11.5. The Hall–Kier alpha value is -1.30. The minimum atomic E-state index is -0.637. The van der Waals surface area contributed by atoms with E-state index in [-0.39, 0.29) is 5.91 Å². The monoisotopic (exact) mass is 246 g/mol. The lowest BCUT2D eigenvalue weighted by molar-refractivity contribution is -0.123. The lowest BCUT2D eigenvalue weighted by Crippen LogP contribution is -2.47. The molecule has 0 heterocycles. The molecule has 0 fully saturated rings. The molecule has 0 aliphatic carbocycles. The first-order valence-corrected chi connectivity index (χ1v) is 5.52. The highest BCUT2D eigenvalue weighted by atomic mass is 16.6. The molecular formula is C11H22N2O4. The highest BCUT2D eigenvalue weighted by Crippen LogP contribution is 2.06. The Kier molecular flexibility index (Phi) is 6.57. The lowest BCUT2D eigenvalue weighted by atomic mass is 10.2. The van der Waals surface area contributed by atoms with E-state index in [2.05, 4.69) is 10.6 Å². The summed E-state index contributed by atoms with van der Waals surface area (Å²) in [5.74, 6) is -0.270. The van der Waals surface area contributed by atoms with Crippen LogP contribution in [0.5, 0.6) is 0 Å². The third kappa shape index (κ3) is 8.50. The van der Waals surface area contributed by atoms with E-state index in [9.17, 15) is 9.59 Å². The second-order valence-corrected chi connectivity index (χ2v) is 4.65. The van der Waals surface area contributed by atoms with E-state index in [1.54, 1.807) is 34.8 Å². The molecule has 0 aliphatic rings. The van der Waals surface area contributed by atoms with Crippen molar-refractivity contribution in [1.29, 1.82) is 0 Å². The van der Waals surface area contributed by atoms with Gasteiger partial charge in [-0.05, 0) is 27.7 Å². The zero-order valence-corrected chi connectivity index (χ0v) is 11.1. The Morgan fingerprint density at radius 2 is 1.88 bits per heavy atom. The summed E-state index contributed by atoms with van der Waals surface area (Å²) in [6.45, 7) is 7.72. The van der Waals surface area contributed by atoms with Crippen LogP contribution in [0.4, 0.5) is 4.79 Å². The van der Waals surface area contributed by atoms with Crippen LogP contribution in [0.15, 0.2) is 0 Å². The van der Waals surface area contributed by atoms with Crippen molar-refractivity contribution in [2.75, 3.05) is 20.3 Å². The van der Waals surface area contributed by atoms with Gasteiger partial charge in [-0.2, -0.15) is 0 Å². The van der Waals surface area contributed by atoms with Gasteiger partial charge < -0.3 is 20.1 Å². The predicted octanol–water partition coefficient (Wildman–Crippen LogP) is 0.662. The Bertz CT molecular complexity index is 261. The van der Waals surface area contributed by atoms with Gasteiger partial charge in [-0.15, -0.1) is 0 Å². The van der Waals surface area contributed by atoms with Crippen molar-refractivity contribution < 1.29 is 19.1 Å². The minimum Gasteiger partial charge on any atom is -0.444 e. The molecule has 0 unspecified atom stereocenters. The van der Waals surface area contributed by atoms with Crippen molar-refractivity contribution in [3.63, 3.8) is 0 Å². The molecule has 2 N–H and O–H groups in total. The first kappa shape index (κ1) is 15.7. The van der Waals surface area contributed by atoms with Crippen LogP contribution in [0.1, 0.15) is 27.7 Å². The van der Waals surface area contributed by atoms with Gasteiger partial charge in [0.15, 0.2) is 0 Å². The second-order valence-electron chi connectivity index (χ2n) is 4.65. The number of amides is 2. The Morgan fingerprint density at radius 3 is 2.35 bits per heavy atom. The van der Waals surface area contributed by atoms with Crippen molar-refractivity contribution in [1.82, 2.24) is 10.6 Å². The highest BCUT2D eigenvalue weighted by Gasteiger charge is 2.20. The molecule has 0 aromatic rings. The molecule has 6 heteroatoms. The first-order chi connectivity index (χ1) is 7.76. The van der Waals surface area contributed by atoms with Crippen molar-refractivity contribution in [3.8, 4) is 0 Å². The fourth-order valence-corrected chi connectivity index (χ4v) is 0.979. The topological polar surface area (TPSA) is 76.7 Å². The molecule has 0 radical (unpaired) electrons. The quantitative estimate of drug-likeness (QED) is 0.699. The van der Waals surface area contributed by atoms with Crippen LogP contribution in [-0.2, 0) is 14.3 Å². The number of carbonyl (C=O) groups is 2. The average Bonchev–Trinajstić information content (AvgIpc) is 2.14. The average molecular weight is 246 g/mol. The van der Waals surface area contributed by atoms with Crippen LogP contribution >= 0.6 is 0 Å². The number of hydrogen-bond acceptors (Lipinski definition) is 4. The third-order valence-corrected chi connectivity index (χ3v) is 1.73. The summed E-state index contributed by atoms with van der Waals surface area (Å²) in [7, 11) is 1.55. The van der Waals surface area contributed by atoms with Gasteiger partial charge in [0.05, 0.1) is 6.61 Å². The molecule has 0 saturated carbocycles. The maximum Gasteiger partial charge on any atom is 0.408 e. The molecule has 6 nitrogen and oxygen atoms in total. The van der Waals surface area contributed by atoms with E-state index in [4.69, 9.17) is 9.47 Å². The maximum absolute atomic E-state index is 11.5. The smallest absolute Gasteiger partial charge is 0.408 e. The number of carbonyl (C=O) groups excluding carboxylic acids is 2. The van der Waals surface area contributed by atoms with Crippen LogP contribution < -0.4 is 10.6 Å². The first-order valence-electron chi connectivity index (χ1n) is 5.52. The Morgan fingerprint density at radius 1 is 1.29 bits per heavy atom. The van der Waals surface area contributed by atoms with E-state index in [0.717, 1.165) is 0 Å². The fraction of sp³-hybridized carbons (Fsp3) is 0.818. The van der Waals surface area contributed by atoms with E-state index in [1.165, 1.54) is 0 Å². The fourth-order valence-electron chi connectivity index (χ4n) is 0.979. The van der Waals surface area contributed by atoms with Crippen LogP contribution in [-0.4, -0.2) is 43.9 Å². The number of methoxy groups -OCH3 is 1. The van der Waals surface area contributed by atoms with Crippen LogP contribution in [0.25, 0.3) is 0 Å². The van der Waals surface area contributed by atoms with Gasteiger partial charge in [-0.3, -0.25) is 4.79 Å². The molecule has 0 bridgehead atoms. The molecule has 100 valence electrons. The van der Waals surface area contributed by atoms with Crippen LogP contribution in [0.2, 0.25) is 0 Å². The van der Waals surface area contributed by atoms with Crippen LogP contribution in [0.3, 0.4) is 0 Å². The zero-order valence-electron chi connectivity index (χ0n) is 11.1. The van der Waals surface area contributed by atoms with Gasteiger partial charge in [-0.25, -0.2) is 4.79 Å². The summed E-state index contributed by atoms with van der Waals surface area (Å²) >= 11 is 0. The Labute approximate surface area is 102 Å². The van der Waals surface area contributed by atoms with Gasteiger partial charge in [0.1, 0.15) is 11.6 Å². The summed E-state index contributed by atoms with van der Waals surface area (Å²) in [5.41, 5.74) is -0.573. The molecule has 1 atom stereocenters. The SMILES string of the molecule is COCCNC(=O)[C@H](C)NC(=O)OC(C)(C)C. The van der Waals surface area contributed by atoms with Crippen molar-refractivity contribution in [3.05, 3.63) is 0 Å². The van der Waals surface area contributed by atoms with Crippen molar-refractivity contribution in [2.24, 2.45) is 0 Å². The lowest BCUT2D eigenvalue weighted by Gasteiger charge is -2.21. The van der Waals surface area contributed by atoms with Crippen molar-refractivity contribution >= 4 is 12.0 Å². The number of alkyl carbamates (subject to hydrolysis) is 1. The molecule has 2 amide bonds. The van der Waals surface area contributed by atoms with E-state index in [0.29, 0.717) is 13.2 Å². The molecule has 0 spiro atoms. The molecule has 0 aliphatic heterocycles. The molecule has 0 saturated heterocycles. The van der Waals surface area contributed by atoms with Gasteiger partial charge in [-0.1, -0.05) is 0 Å². The standard InChI is InChI=1S/C11H22N2O4/c1-8(9(14)12-6-7-16-5)13-10(15)17-11(2,3)4/h8H,6-7H2,1-5H3,(H,12,14)(H,13,15)/t8-/m0/s1. The number of hydrogen-bond donors (Lipinski definition) is 2. The molecule has 0 aromatic heterocycles. The second kappa shape index (κ2) is 7.11. The summed E-state index contributed by atoms with van der Waals surface area (Å²) in [6.07, 6.45) is -0.605. The van der Waals surface area contributed by atoms with Gasteiger partial charge in [0.25, 0.3) is 0 Å². The van der Waals surface area contributed by atoms with E-state index in [1.807, 2.05) is 0 Å². The summed E-state index contributed by atoms with van der Waals surface area (Å²) in [4.78, 5) is 22.8. The van der Waals surface area contributed by atoms with E-state index < -0.39 is 17.7 Å². The van der Waals surface area contributed by atoms with Gasteiger partial charge >= 0.3 is 6.09 Å². The van der Waals surface area contributed by atoms with Gasteiger partial charge in [0.2, 0.25) is 5.91 Å². The van der Waals surface area contributed by atoms with E-state index >= 15 is 0 Å². The number of ether oxygens (including phenoxy) is 2. The summed E-state index contributed by atoms with van der Waals surface area (Å²) in [5, 5.41) is 5.07. The predicted molar refractivity (Wildman–Crippen MR) is 63.7 cm³/mol. The minimum absolute atomic E-state index is 0.270. The molecular weight excluding hydrogens is 224 g/mol. The zero-order chi connectivity index (χ0) is 13.5. The number of nitrogens with one attached hydrogen (secondary N) is 2. The summed E-state index contributed by atoms with van der Waals surface area (Å²) < 4.78 is 9.82. The Balaban J connectivity index is 3.95. The van der Waals surface area contributed by atoms with Gasteiger partial charge in [0, 0.05) is 13.7 Å². The van der Waals surface area contributed by atoms with Crippen LogP contribution in [0, 0.1) is 0 Å². The molecule has 0 rings (SSSR count). The normalized spacial score (nSPS) is 12.8. The summed E-state index contributed by atoms with van der Waals surface area (Å²) in [6, 6.07) is -0.637.